The van der Waals surface area contributed by atoms with Crippen molar-refractivity contribution in [3.8, 4) is 11.5 Å². The van der Waals surface area contributed by atoms with Crippen molar-refractivity contribution in [3.63, 3.8) is 0 Å². The molecule has 172 valence electrons. The van der Waals surface area contributed by atoms with Crippen molar-refractivity contribution < 1.29 is 53.6 Å². The van der Waals surface area contributed by atoms with Gasteiger partial charge in [-0.05, 0) is 58.7 Å². The lowest BCUT2D eigenvalue weighted by atomic mass is 9.87. The zero-order valence-electron chi connectivity index (χ0n) is 16.8. The Labute approximate surface area is 191 Å². The van der Waals surface area contributed by atoms with Gasteiger partial charge in [0, 0.05) is 4.57 Å². The van der Waals surface area contributed by atoms with E-state index in [0.29, 0.717) is 0 Å². The molecule has 5 N–H and O–H groups in total. The average molecular weight is 485 g/mol. The van der Waals surface area contributed by atoms with Crippen LogP contribution in [0.25, 0.3) is 5.57 Å². The second-order valence-electron chi connectivity index (χ2n) is 6.77. The first-order valence-electron chi connectivity index (χ1n) is 9.19. The second-order valence-corrected chi connectivity index (χ2v) is 7.43. The molecule has 2 aromatic carbocycles. The van der Waals surface area contributed by atoms with Gasteiger partial charge in [0.15, 0.2) is 5.78 Å². The van der Waals surface area contributed by atoms with Gasteiger partial charge in [0.1, 0.15) is 22.4 Å². The summed E-state index contributed by atoms with van der Waals surface area (Å²) in [5.41, 5.74) is -1.07. The van der Waals surface area contributed by atoms with E-state index in [1.807, 2.05) is 0 Å². The Morgan fingerprint density at radius 2 is 1.41 bits per heavy atom. The van der Waals surface area contributed by atoms with Gasteiger partial charge < -0.3 is 20.4 Å². The fourth-order valence-electron chi connectivity index (χ4n) is 3.23. The average Bonchev–Trinajstić information content (AvgIpc) is 2.76. The van der Waals surface area contributed by atoms with E-state index in [1.54, 1.807) is 0 Å². The predicted molar refractivity (Wildman–Crippen MR) is 115 cm³/mol. The van der Waals surface area contributed by atoms with Crippen LogP contribution in [0, 0.1) is 0 Å². The Hall–Kier alpha value is -4.60. The maximum absolute atomic E-state index is 11.9. The Bertz CT molecular complexity index is 1360. The number of carboxylic acids is 3. The molecule has 0 aliphatic heterocycles. The first-order valence-corrected chi connectivity index (χ1v) is 10.3. The molecule has 34 heavy (non-hydrogen) atoms. The molecule has 1 aliphatic carbocycles. The number of aromatic hydroxyl groups is 1. The molecular formula is C22H14O11P+. The van der Waals surface area contributed by atoms with Crippen LogP contribution in [0.15, 0.2) is 65.8 Å². The SMILES string of the molecule is O=C(O)C1=CC(=C(c2ccc(O)c(C(=O)O)c2)c2ccc(O[P+](=O)O)c(C(=O)O)c2)C=CC1=O. The zero-order valence-corrected chi connectivity index (χ0v) is 17.7. The summed E-state index contributed by atoms with van der Waals surface area (Å²) in [5.74, 6) is -6.22. The molecule has 0 fully saturated rings. The standard InChI is InChI=1S/C22H13O11P/c23-16-4-1-10(7-13(16)20(25)26)19(11-2-5-17(24)14(8-11)21(27)28)12-3-6-18(33-34(31)32)15(9-12)22(29)30/h1-9H,(H4-,23,24,25,26,27,28,29,30,31,32)/p+1. The smallest absolute Gasteiger partial charge is 0.507 e. The van der Waals surface area contributed by atoms with E-state index in [1.165, 1.54) is 18.2 Å². The predicted octanol–water partition coefficient (Wildman–Crippen LogP) is 2.77. The van der Waals surface area contributed by atoms with Crippen LogP contribution in [0.2, 0.25) is 0 Å². The van der Waals surface area contributed by atoms with Gasteiger partial charge in [-0.3, -0.25) is 4.79 Å². The number of aromatic carboxylic acids is 2. The number of carboxylic acid groups (broad SMARTS) is 3. The highest BCUT2D eigenvalue weighted by Gasteiger charge is 2.25. The minimum Gasteiger partial charge on any atom is -0.507 e. The summed E-state index contributed by atoms with van der Waals surface area (Å²) in [6.45, 7) is 0. The van der Waals surface area contributed by atoms with Crippen molar-refractivity contribution in [2.24, 2.45) is 0 Å². The Balaban J connectivity index is 2.37. The van der Waals surface area contributed by atoms with Crippen molar-refractivity contribution in [3.05, 3.63) is 88.0 Å². The van der Waals surface area contributed by atoms with Gasteiger partial charge >= 0.3 is 26.2 Å². The Kier molecular flexibility index (Phi) is 6.71. The third-order valence-electron chi connectivity index (χ3n) is 4.69. The second kappa shape index (κ2) is 9.49. The quantitative estimate of drug-likeness (QED) is 0.286. The van der Waals surface area contributed by atoms with Crippen LogP contribution in [0.3, 0.4) is 0 Å². The fourth-order valence-corrected chi connectivity index (χ4v) is 3.56. The monoisotopic (exact) mass is 485 g/mol. The largest absolute Gasteiger partial charge is 0.747 e. The van der Waals surface area contributed by atoms with Gasteiger partial charge in [-0.1, -0.05) is 18.2 Å². The summed E-state index contributed by atoms with van der Waals surface area (Å²) in [4.78, 5) is 55.7. The van der Waals surface area contributed by atoms with Crippen LogP contribution in [0.1, 0.15) is 31.8 Å². The lowest BCUT2D eigenvalue weighted by Gasteiger charge is -2.16. The van der Waals surface area contributed by atoms with Crippen LogP contribution in [-0.2, 0) is 14.2 Å². The maximum atomic E-state index is 11.9. The molecule has 0 saturated heterocycles. The number of carbonyl (C=O) groups excluding carboxylic acids is 1. The third kappa shape index (κ3) is 4.90. The zero-order chi connectivity index (χ0) is 25.2. The van der Waals surface area contributed by atoms with Gasteiger partial charge in [0.2, 0.25) is 5.75 Å². The number of allylic oxidation sites excluding steroid dienone is 4. The molecule has 0 radical (unpaired) electrons. The molecule has 0 heterocycles. The van der Waals surface area contributed by atoms with E-state index in [4.69, 9.17) is 4.89 Å². The van der Waals surface area contributed by atoms with Crippen LogP contribution < -0.4 is 4.52 Å². The number of aliphatic carboxylic acids is 1. The third-order valence-corrected chi connectivity index (χ3v) is 5.04. The van der Waals surface area contributed by atoms with E-state index in [9.17, 15) is 44.2 Å². The summed E-state index contributed by atoms with van der Waals surface area (Å²) < 4.78 is 15.7. The van der Waals surface area contributed by atoms with Crippen molar-refractivity contribution in [2.75, 3.05) is 0 Å². The lowest BCUT2D eigenvalue weighted by Crippen LogP contribution is -2.13. The molecule has 0 aromatic heterocycles. The minimum atomic E-state index is -3.17. The van der Waals surface area contributed by atoms with Crippen molar-refractivity contribution in [1.29, 1.82) is 0 Å². The number of hydrogen-bond acceptors (Lipinski definition) is 7. The highest BCUT2D eigenvalue weighted by molar-refractivity contribution is 7.32. The number of benzene rings is 2. The van der Waals surface area contributed by atoms with Gasteiger partial charge in [0.25, 0.3) is 0 Å². The normalized spacial score (nSPS) is 14.8. The summed E-state index contributed by atoms with van der Waals surface area (Å²) in [6, 6.07) is 6.97. The molecule has 0 amide bonds. The summed E-state index contributed by atoms with van der Waals surface area (Å²) >= 11 is 0. The van der Waals surface area contributed by atoms with Crippen molar-refractivity contribution in [1.82, 2.24) is 0 Å². The minimum absolute atomic E-state index is 0.118. The van der Waals surface area contributed by atoms with Gasteiger partial charge in [0.05, 0.1) is 0 Å². The van der Waals surface area contributed by atoms with Crippen LogP contribution in [0.4, 0.5) is 0 Å². The Morgan fingerprint density at radius 1 is 0.824 bits per heavy atom. The van der Waals surface area contributed by atoms with E-state index in [0.717, 1.165) is 36.4 Å². The molecule has 1 unspecified atom stereocenters. The van der Waals surface area contributed by atoms with E-state index in [-0.39, 0.29) is 22.3 Å². The summed E-state index contributed by atoms with van der Waals surface area (Å²) in [7, 11) is -3.17. The van der Waals surface area contributed by atoms with Crippen LogP contribution in [0.5, 0.6) is 11.5 Å². The molecule has 3 rings (SSSR count). The lowest BCUT2D eigenvalue weighted by molar-refractivity contribution is -0.134. The maximum Gasteiger partial charge on any atom is 0.747 e. The number of rotatable bonds is 7. The van der Waals surface area contributed by atoms with E-state index >= 15 is 0 Å². The molecule has 0 saturated carbocycles. The van der Waals surface area contributed by atoms with Crippen LogP contribution >= 0.6 is 8.25 Å². The molecule has 1 aliphatic rings. The molecule has 0 spiro atoms. The van der Waals surface area contributed by atoms with Crippen LogP contribution in [-0.4, -0.2) is 49.0 Å². The van der Waals surface area contributed by atoms with Crippen molar-refractivity contribution in [2.45, 2.75) is 0 Å². The van der Waals surface area contributed by atoms with Gasteiger partial charge in [-0.25, -0.2) is 18.9 Å². The Morgan fingerprint density at radius 3 is 1.97 bits per heavy atom. The molecule has 11 nitrogen and oxygen atoms in total. The fraction of sp³-hybridized carbons (Fsp3) is 0. The number of ketones is 1. The molecule has 1 atom stereocenters. The number of carbonyl (C=O) groups is 4. The summed E-state index contributed by atoms with van der Waals surface area (Å²) in [5, 5.41) is 38.1. The summed E-state index contributed by atoms with van der Waals surface area (Å²) in [6.07, 6.45) is 3.30. The van der Waals surface area contributed by atoms with Gasteiger partial charge in [-0.15, -0.1) is 4.89 Å². The highest BCUT2D eigenvalue weighted by atomic mass is 31.1. The van der Waals surface area contributed by atoms with Crippen molar-refractivity contribution >= 4 is 37.5 Å². The van der Waals surface area contributed by atoms with E-state index < -0.39 is 60.1 Å². The topological polar surface area (TPSA) is 196 Å². The number of phenols is 1. The first-order chi connectivity index (χ1) is 16.0. The molecular weight excluding hydrogens is 471 g/mol. The molecule has 12 heteroatoms. The van der Waals surface area contributed by atoms with E-state index in [2.05, 4.69) is 4.52 Å². The molecule has 2 aromatic rings. The molecule has 0 bridgehead atoms. The number of hydrogen-bond donors (Lipinski definition) is 5. The first kappa shape index (κ1) is 24.1. The highest BCUT2D eigenvalue weighted by Crippen LogP contribution is 2.36. The van der Waals surface area contributed by atoms with Gasteiger partial charge in [-0.2, -0.15) is 0 Å².